The van der Waals surface area contributed by atoms with Gasteiger partial charge in [-0.25, -0.2) is 4.79 Å². The van der Waals surface area contributed by atoms with Gasteiger partial charge in [0.15, 0.2) is 5.11 Å². The molecule has 2 rings (SSSR count). The van der Waals surface area contributed by atoms with Crippen LogP contribution in [-0.2, 0) is 0 Å². The van der Waals surface area contributed by atoms with Gasteiger partial charge in [-0.3, -0.25) is 5.43 Å². The first kappa shape index (κ1) is 19.9. The molecule has 0 saturated heterocycles. The molecule has 0 spiro atoms. The molecule has 0 heterocycles. The summed E-state index contributed by atoms with van der Waals surface area (Å²) in [6.45, 7) is 2.63. The van der Waals surface area contributed by atoms with Gasteiger partial charge in [0.2, 0.25) is 0 Å². The number of ether oxygens (including phenoxy) is 2. The number of carbonyl (C=O) groups is 1. The predicted molar refractivity (Wildman–Crippen MR) is 109 cm³/mol. The molecule has 0 fully saturated rings. The lowest BCUT2D eigenvalue weighted by Crippen LogP contribution is -2.31. The summed E-state index contributed by atoms with van der Waals surface area (Å²) >= 11 is 8.44. The summed E-state index contributed by atoms with van der Waals surface area (Å²) in [5.41, 5.74) is 3.73. The highest BCUT2D eigenvalue weighted by atomic mass is 79.9. The second-order valence-electron chi connectivity index (χ2n) is 5.03. The van der Waals surface area contributed by atoms with Crippen LogP contribution in [0.1, 0.15) is 22.8 Å². The summed E-state index contributed by atoms with van der Waals surface area (Å²) < 4.78 is 11.4. The molecular weight excluding hydrogens is 418 g/mol. The van der Waals surface area contributed by atoms with Gasteiger partial charge in [-0.15, -0.1) is 0 Å². The fraction of sp³-hybridized carbons (Fsp3) is 0.167. The lowest BCUT2D eigenvalue weighted by Gasteiger charge is -2.09. The van der Waals surface area contributed by atoms with E-state index in [2.05, 4.69) is 31.8 Å². The van der Waals surface area contributed by atoms with Crippen molar-refractivity contribution in [2.45, 2.75) is 6.92 Å². The molecule has 8 heteroatoms. The Kier molecular flexibility index (Phi) is 7.55. The average molecular weight is 436 g/mol. The Bertz CT molecular complexity index is 810. The highest BCUT2D eigenvalue weighted by Crippen LogP contribution is 2.23. The zero-order valence-corrected chi connectivity index (χ0v) is 16.7. The molecule has 0 aliphatic carbocycles. The lowest BCUT2D eigenvalue weighted by atomic mass is 10.2. The van der Waals surface area contributed by atoms with E-state index in [9.17, 15) is 4.79 Å². The number of methoxy groups -OCH3 is 1. The Hall–Kier alpha value is -2.45. The maximum atomic E-state index is 12.4. The SMILES string of the molecule is CCNC(=S)N/N=C\c1cc(Br)ccc1OC(=O)c1ccc(OC)cc1. The van der Waals surface area contributed by atoms with Crippen molar-refractivity contribution < 1.29 is 14.3 Å². The predicted octanol–water partition coefficient (Wildman–Crippen LogP) is 3.49. The van der Waals surface area contributed by atoms with E-state index in [1.807, 2.05) is 6.92 Å². The quantitative estimate of drug-likeness (QED) is 0.238. The van der Waals surface area contributed by atoms with E-state index in [1.54, 1.807) is 49.6 Å². The molecule has 0 bridgehead atoms. The number of rotatable bonds is 6. The maximum Gasteiger partial charge on any atom is 0.343 e. The first-order chi connectivity index (χ1) is 12.5. The van der Waals surface area contributed by atoms with Crippen LogP contribution in [0.15, 0.2) is 52.0 Å². The Morgan fingerprint density at radius 2 is 2.00 bits per heavy atom. The smallest absolute Gasteiger partial charge is 0.343 e. The first-order valence-corrected chi connectivity index (χ1v) is 8.96. The number of benzene rings is 2. The van der Waals surface area contributed by atoms with Gasteiger partial charge in [0.05, 0.1) is 18.9 Å². The normalized spacial score (nSPS) is 10.4. The Morgan fingerprint density at radius 1 is 1.27 bits per heavy atom. The van der Waals surface area contributed by atoms with E-state index in [1.165, 1.54) is 6.21 Å². The summed E-state index contributed by atoms with van der Waals surface area (Å²) in [4.78, 5) is 12.4. The van der Waals surface area contributed by atoms with Gasteiger partial charge in [0, 0.05) is 16.6 Å². The zero-order chi connectivity index (χ0) is 18.9. The average Bonchev–Trinajstić information content (AvgIpc) is 2.64. The summed E-state index contributed by atoms with van der Waals surface area (Å²) in [5.74, 6) is 0.579. The van der Waals surface area contributed by atoms with Crippen LogP contribution in [-0.4, -0.2) is 31.0 Å². The van der Waals surface area contributed by atoms with E-state index in [-0.39, 0.29) is 0 Å². The Morgan fingerprint density at radius 3 is 2.65 bits per heavy atom. The van der Waals surface area contributed by atoms with Gasteiger partial charge >= 0.3 is 5.97 Å². The van der Waals surface area contributed by atoms with Crippen LogP contribution < -0.4 is 20.2 Å². The van der Waals surface area contributed by atoms with Gasteiger partial charge < -0.3 is 14.8 Å². The van der Waals surface area contributed by atoms with Crippen molar-refractivity contribution in [3.05, 3.63) is 58.1 Å². The molecule has 0 amide bonds. The number of nitrogens with one attached hydrogen (secondary N) is 2. The summed E-state index contributed by atoms with van der Waals surface area (Å²) in [6.07, 6.45) is 1.53. The van der Waals surface area contributed by atoms with Crippen molar-refractivity contribution in [1.82, 2.24) is 10.7 Å². The number of hydrogen-bond donors (Lipinski definition) is 2. The third-order valence-electron chi connectivity index (χ3n) is 3.21. The van der Waals surface area contributed by atoms with Crippen LogP contribution in [0.4, 0.5) is 0 Å². The Balaban J connectivity index is 2.14. The van der Waals surface area contributed by atoms with Crippen LogP contribution in [0.3, 0.4) is 0 Å². The Labute approximate surface area is 165 Å². The molecule has 6 nitrogen and oxygen atoms in total. The molecule has 0 unspecified atom stereocenters. The molecule has 0 aromatic heterocycles. The van der Waals surface area contributed by atoms with Gasteiger partial charge in [0.1, 0.15) is 11.5 Å². The van der Waals surface area contributed by atoms with Gasteiger partial charge in [-0.1, -0.05) is 15.9 Å². The monoisotopic (exact) mass is 435 g/mol. The van der Waals surface area contributed by atoms with E-state index >= 15 is 0 Å². The molecule has 0 aliphatic rings. The summed E-state index contributed by atoms with van der Waals surface area (Å²) in [6, 6.07) is 11.9. The maximum absolute atomic E-state index is 12.4. The third kappa shape index (κ3) is 5.82. The van der Waals surface area contributed by atoms with Crippen molar-refractivity contribution in [3.63, 3.8) is 0 Å². The van der Waals surface area contributed by atoms with Crippen LogP contribution >= 0.6 is 28.1 Å². The molecule has 2 aromatic rings. The second-order valence-corrected chi connectivity index (χ2v) is 6.35. The van der Waals surface area contributed by atoms with Crippen LogP contribution in [0, 0.1) is 0 Å². The highest BCUT2D eigenvalue weighted by molar-refractivity contribution is 9.10. The van der Waals surface area contributed by atoms with Gasteiger partial charge in [-0.2, -0.15) is 5.10 Å². The number of hydrogen-bond acceptors (Lipinski definition) is 5. The van der Waals surface area contributed by atoms with Crippen molar-refractivity contribution in [3.8, 4) is 11.5 Å². The zero-order valence-electron chi connectivity index (χ0n) is 14.3. The molecule has 2 N–H and O–H groups in total. The van der Waals surface area contributed by atoms with Gasteiger partial charge in [0.25, 0.3) is 0 Å². The molecule has 0 atom stereocenters. The number of hydrazone groups is 1. The molecule has 26 heavy (non-hydrogen) atoms. The molecule has 0 aliphatic heterocycles. The minimum atomic E-state index is -0.472. The fourth-order valence-corrected chi connectivity index (χ4v) is 2.54. The van der Waals surface area contributed by atoms with E-state index < -0.39 is 5.97 Å². The van der Waals surface area contributed by atoms with E-state index in [4.69, 9.17) is 21.7 Å². The molecule has 0 radical (unpaired) electrons. The third-order valence-corrected chi connectivity index (χ3v) is 3.94. The van der Waals surface area contributed by atoms with Crippen molar-refractivity contribution in [1.29, 1.82) is 0 Å². The molecular formula is C18H18BrN3O3S. The summed E-state index contributed by atoms with van der Waals surface area (Å²) in [5, 5.41) is 7.39. The number of esters is 1. The van der Waals surface area contributed by atoms with Crippen LogP contribution in [0.2, 0.25) is 0 Å². The summed E-state index contributed by atoms with van der Waals surface area (Å²) in [7, 11) is 1.57. The second kappa shape index (κ2) is 9.88. The number of nitrogens with zero attached hydrogens (tertiary/aromatic N) is 1. The number of carbonyl (C=O) groups excluding carboxylic acids is 1. The van der Waals surface area contributed by atoms with Crippen molar-refractivity contribution in [2.75, 3.05) is 13.7 Å². The fourth-order valence-electron chi connectivity index (χ4n) is 1.96. The van der Waals surface area contributed by atoms with Gasteiger partial charge in [-0.05, 0) is 61.6 Å². The number of thiocarbonyl (C=S) groups is 1. The molecule has 0 saturated carbocycles. The lowest BCUT2D eigenvalue weighted by molar-refractivity contribution is 0.0734. The first-order valence-electron chi connectivity index (χ1n) is 7.76. The van der Waals surface area contributed by atoms with Crippen molar-refractivity contribution >= 4 is 45.4 Å². The van der Waals surface area contributed by atoms with Crippen LogP contribution in [0.25, 0.3) is 0 Å². The van der Waals surface area contributed by atoms with E-state index in [0.717, 1.165) is 4.47 Å². The molecule has 2 aromatic carbocycles. The minimum Gasteiger partial charge on any atom is -0.497 e. The largest absolute Gasteiger partial charge is 0.497 e. The van der Waals surface area contributed by atoms with Crippen LogP contribution in [0.5, 0.6) is 11.5 Å². The molecule has 136 valence electrons. The van der Waals surface area contributed by atoms with E-state index in [0.29, 0.717) is 34.3 Å². The topological polar surface area (TPSA) is 72.0 Å². The number of halogens is 1. The van der Waals surface area contributed by atoms with Crippen molar-refractivity contribution in [2.24, 2.45) is 5.10 Å². The minimum absolute atomic E-state index is 0.383. The highest BCUT2D eigenvalue weighted by Gasteiger charge is 2.12. The standard InChI is InChI=1S/C18H18BrN3O3S/c1-3-20-18(26)22-21-11-13-10-14(19)6-9-16(13)25-17(23)12-4-7-15(24-2)8-5-12/h4-11H,3H2,1-2H3,(H2,20,22,26)/b21-11-.